The molecule has 3 aromatic rings. The molecule has 3 rings (SSSR count). The number of nitrogens with one attached hydrogen (secondary N) is 1. The molecule has 1 unspecified atom stereocenters. The zero-order chi connectivity index (χ0) is 17.1. The fourth-order valence-corrected chi connectivity index (χ4v) is 2.17. The molecule has 1 amide bonds. The standard InChI is InChI=1S/C17H18N4O3/c1-11(18-16(22)14-5-4-10-23-14)17-19-15(20-24-17)12-6-8-13(9-7-12)21(2)3/h4-11H,1-3H3,(H,18,22). The van der Waals surface area contributed by atoms with Gasteiger partial charge in [-0.1, -0.05) is 5.16 Å². The van der Waals surface area contributed by atoms with Gasteiger partial charge in [0, 0.05) is 25.3 Å². The summed E-state index contributed by atoms with van der Waals surface area (Å²) < 4.78 is 10.3. The number of amides is 1. The average molecular weight is 326 g/mol. The number of anilines is 1. The Bertz CT molecular complexity index is 807. The second kappa shape index (κ2) is 6.57. The van der Waals surface area contributed by atoms with Crippen LogP contribution in [0.4, 0.5) is 5.69 Å². The van der Waals surface area contributed by atoms with Gasteiger partial charge in [0.2, 0.25) is 11.7 Å². The lowest BCUT2D eigenvalue weighted by atomic mass is 10.2. The molecule has 0 saturated heterocycles. The van der Waals surface area contributed by atoms with Crippen molar-refractivity contribution in [2.24, 2.45) is 0 Å². The molecule has 1 atom stereocenters. The molecule has 0 fully saturated rings. The second-order valence-corrected chi connectivity index (χ2v) is 5.57. The molecule has 7 nitrogen and oxygen atoms in total. The van der Waals surface area contributed by atoms with Crippen molar-refractivity contribution in [3.8, 4) is 11.4 Å². The molecule has 0 saturated carbocycles. The van der Waals surface area contributed by atoms with Crippen LogP contribution < -0.4 is 10.2 Å². The third-order valence-electron chi connectivity index (χ3n) is 3.55. The molecule has 1 N–H and O–H groups in total. The van der Waals surface area contributed by atoms with Crippen LogP contribution in [-0.2, 0) is 0 Å². The summed E-state index contributed by atoms with van der Waals surface area (Å²) in [6.07, 6.45) is 1.45. The van der Waals surface area contributed by atoms with Crippen molar-refractivity contribution in [1.82, 2.24) is 15.5 Å². The van der Waals surface area contributed by atoms with Crippen LogP contribution in [0.1, 0.15) is 29.4 Å². The van der Waals surface area contributed by atoms with Gasteiger partial charge in [-0.25, -0.2) is 0 Å². The first-order valence-corrected chi connectivity index (χ1v) is 7.50. The molecule has 0 aliphatic carbocycles. The molecule has 24 heavy (non-hydrogen) atoms. The van der Waals surface area contributed by atoms with E-state index in [1.807, 2.05) is 43.3 Å². The van der Waals surface area contributed by atoms with Crippen LogP contribution in [0.5, 0.6) is 0 Å². The Kier molecular flexibility index (Phi) is 4.33. The number of rotatable bonds is 5. The topological polar surface area (TPSA) is 84.4 Å². The minimum atomic E-state index is -0.426. The van der Waals surface area contributed by atoms with Gasteiger partial charge in [-0.15, -0.1) is 0 Å². The van der Waals surface area contributed by atoms with Crippen molar-refractivity contribution < 1.29 is 13.7 Å². The van der Waals surface area contributed by atoms with E-state index < -0.39 is 6.04 Å². The maximum absolute atomic E-state index is 12.0. The maximum atomic E-state index is 12.0. The summed E-state index contributed by atoms with van der Waals surface area (Å²) in [5.74, 6) is 0.722. The van der Waals surface area contributed by atoms with E-state index in [9.17, 15) is 4.79 Å². The van der Waals surface area contributed by atoms with Gasteiger partial charge < -0.3 is 19.2 Å². The summed E-state index contributed by atoms with van der Waals surface area (Å²) in [5, 5.41) is 6.73. The molecule has 2 aromatic heterocycles. The highest BCUT2D eigenvalue weighted by atomic mass is 16.5. The fourth-order valence-electron chi connectivity index (χ4n) is 2.17. The average Bonchev–Trinajstić information content (AvgIpc) is 3.26. The van der Waals surface area contributed by atoms with E-state index in [-0.39, 0.29) is 11.7 Å². The maximum Gasteiger partial charge on any atom is 0.287 e. The molecule has 0 aliphatic heterocycles. The summed E-state index contributed by atoms with van der Waals surface area (Å²) in [6.45, 7) is 1.77. The number of nitrogens with zero attached hydrogens (tertiary/aromatic N) is 3. The smallest absolute Gasteiger partial charge is 0.287 e. The molecule has 7 heteroatoms. The van der Waals surface area contributed by atoms with Crippen molar-refractivity contribution >= 4 is 11.6 Å². The first kappa shape index (κ1) is 15.8. The minimum Gasteiger partial charge on any atom is -0.459 e. The van der Waals surface area contributed by atoms with Crippen LogP contribution in [0.3, 0.4) is 0 Å². The highest BCUT2D eigenvalue weighted by Crippen LogP contribution is 2.21. The molecule has 1 aromatic carbocycles. The number of benzene rings is 1. The summed E-state index contributed by atoms with van der Waals surface area (Å²) in [6, 6.07) is 10.6. The van der Waals surface area contributed by atoms with Gasteiger partial charge in [-0.2, -0.15) is 4.98 Å². The monoisotopic (exact) mass is 326 g/mol. The Balaban J connectivity index is 1.71. The van der Waals surface area contributed by atoms with Crippen molar-refractivity contribution in [3.05, 3.63) is 54.3 Å². The lowest BCUT2D eigenvalue weighted by Crippen LogP contribution is -2.26. The van der Waals surface area contributed by atoms with Gasteiger partial charge in [0.15, 0.2) is 5.76 Å². The highest BCUT2D eigenvalue weighted by Gasteiger charge is 2.19. The summed E-state index contributed by atoms with van der Waals surface area (Å²) >= 11 is 0. The Hall–Kier alpha value is -3.09. The van der Waals surface area contributed by atoms with Crippen molar-refractivity contribution in [2.75, 3.05) is 19.0 Å². The molecule has 124 valence electrons. The van der Waals surface area contributed by atoms with Crippen LogP contribution in [0.15, 0.2) is 51.6 Å². The number of hydrogen-bond donors (Lipinski definition) is 1. The quantitative estimate of drug-likeness (QED) is 0.776. The molecular weight excluding hydrogens is 308 g/mol. The number of carbonyl (C=O) groups excluding carboxylic acids is 1. The minimum absolute atomic E-state index is 0.237. The van der Waals surface area contributed by atoms with E-state index in [0.29, 0.717) is 11.7 Å². The number of hydrogen-bond acceptors (Lipinski definition) is 6. The van der Waals surface area contributed by atoms with Crippen molar-refractivity contribution in [3.63, 3.8) is 0 Å². The zero-order valence-corrected chi connectivity index (χ0v) is 13.7. The van der Waals surface area contributed by atoms with E-state index in [1.165, 1.54) is 6.26 Å². The van der Waals surface area contributed by atoms with E-state index in [0.717, 1.165) is 11.3 Å². The van der Waals surface area contributed by atoms with Gasteiger partial charge in [0.25, 0.3) is 5.91 Å². The lowest BCUT2D eigenvalue weighted by molar-refractivity contribution is 0.0904. The molecular formula is C17H18N4O3. The van der Waals surface area contributed by atoms with E-state index in [4.69, 9.17) is 8.94 Å². The molecule has 0 radical (unpaired) electrons. The molecule has 0 spiro atoms. The summed E-state index contributed by atoms with van der Waals surface area (Å²) in [5.41, 5.74) is 1.93. The predicted octanol–water partition coefficient (Wildman–Crippen LogP) is 2.89. The van der Waals surface area contributed by atoms with Crippen molar-refractivity contribution in [1.29, 1.82) is 0 Å². The van der Waals surface area contributed by atoms with Gasteiger partial charge in [-0.3, -0.25) is 4.79 Å². The third kappa shape index (κ3) is 3.29. The Morgan fingerprint density at radius 1 is 1.21 bits per heavy atom. The highest BCUT2D eigenvalue weighted by molar-refractivity contribution is 5.91. The van der Waals surface area contributed by atoms with Crippen molar-refractivity contribution in [2.45, 2.75) is 13.0 Å². The fraction of sp³-hybridized carbons (Fsp3) is 0.235. The Labute approximate surface area is 139 Å². The largest absolute Gasteiger partial charge is 0.459 e. The van der Waals surface area contributed by atoms with Crippen LogP contribution in [-0.4, -0.2) is 30.1 Å². The molecule has 2 heterocycles. The Morgan fingerprint density at radius 3 is 2.58 bits per heavy atom. The van der Waals surface area contributed by atoms with Crippen LogP contribution in [0.25, 0.3) is 11.4 Å². The zero-order valence-electron chi connectivity index (χ0n) is 13.7. The van der Waals surface area contributed by atoms with Crippen LogP contribution in [0, 0.1) is 0 Å². The van der Waals surface area contributed by atoms with Crippen LogP contribution >= 0.6 is 0 Å². The Morgan fingerprint density at radius 2 is 1.96 bits per heavy atom. The lowest BCUT2D eigenvalue weighted by Gasteiger charge is -2.11. The first-order valence-electron chi connectivity index (χ1n) is 7.50. The van der Waals surface area contributed by atoms with Gasteiger partial charge >= 0.3 is 0 Å². The van der Waals surface area contributed by atoms with E-state index in [2.05, 4.69) is 15.5 Å². The summed E-state index contributed by atoms with van der Waals surface area (Å²) in [4.78, 5) is 18.3. The first-order chi connectivity index (χ1) is 11.5. The van der Waals surface area contributed by atoms with E-state index in [1.54, 1.807) is 19.1 Å². The number of aromatic nitrogens is 2. The van der Waals surface area contributed by atoms with E-state index >= 15 is 0 Å². The molecule has 0 aliphatic rings. The summed E-state index contributed by atoms with van der Waals surface area (Å²) in [7, 11) is 3.95. The molecule has 0 bridgehead atoms. The SMILES string of the molecule is CC(NC(=O)c1ccco1)c1nc(-c2ccc(N(C)C)cc2)no1. The van der Waals surface area contributed by atoms with Gasteiger partial charge in [0.05, 0.1) is 6.26 Å². The predicted molar refractivity (Wildman–Crippen MR) is 88.7 cm³/mol. The van der Waals surface area contributed by atoms with Crippen LogP contribution in [0.2, 0.25) is 0 Å². The normalized spacial score (nSPS) is 12.0. The van der Waals surface area contributed by atoms with Gasteiger partial charge in [0.1, 0.15) is 6.04 Å². The van der Waals surface area contributed by atoms with Gasteiger partial charge in [-0.05, 0) is 43.3 Å². The third-order valence-corrected chi connectivity index (χ3v) is 3.55. The second-order valence-electron chi connectivity index (χ2n) is 5.57. The number of furan rings is 1. The number of carbonyl (C=O) groups is 1.